The molecule has 1 heterocycles. The molecule has 4 atom stereocenters. The van der Waals surface area contributed by atoms with Crippen molar-refractivity contribution in [3.8, 4) is 6.07 Å². The molecule has 1 aliphatic heterocycles. The highest BCUT2D eigenvalue weighted by Gasteiger charge is 2.56. The van der Waals surface area contributed by atoms with Gasteiger partial charge in [0.1, 0.15) is 6.29 Å². The van der Waals surface area contributed by atoms with Crippen LogP contribution in [-0.2, 0) is 14.9 Å². The molecule has 2 aliphatic carbocycles. The molecule has 0 aromatic heterocycles. The molecule has 3 aliphatic rings. The molecule has 9 heteroatoms. The molecule has 3 fully saturated rings. The molecule has 224 valence electrons. The monoisotopic (exact) mass is 561 g/mol. The first-order chi connectivity index (χ1) is 19.2. The normalized spacial score (nSPS) is 23.0. The van der Waals surface area contributed by atoms with Gasteiger partial charge >= 0.3 is 0 Å². The lowest BCUT2D eigenvalue weighted by Gasteiger charge is -2.26. The Morgan fingerprint density at radius 1 is 1.10 bits per heavy atom. The molecule has 2 aromatic carbocycles. The number of nitrogens with two attached hydrogens (primary N) is 2. The average molecular weight is 562 g/mol. The molecular formula is C31H49F2N5O2. The third-order valence-corrected chi connectivity index (χ3v) is 6.65. The van der Waals surface area contributed by atoms with E-state index in [9.17, 15) is 8.78 Å². The molecule has 1 saturated heterocycles. The van der Waals surface area contributed by atoms with Crippen LogP contribution in [0.2, 0.25) is 0 Å². The largest absolute Gasteiger partial charge is 0.388 e. The van der Waals surface area contributed by atoms with Crippen molar-refractivity contribution in [2.24, 2.45) is 17.4 Å². The Morgan fingerprint density at radius 3 is 2.20 bits per heavy atom. The van der Waals surface area contributed by atoms with Crippen molar-refractivity contribution in [1.29, 1.82) is 5.26 Å². The fourth-order valence-electron chi connectivity index (χ4n) is 4.65. The summed E-state index contributed by atoms with van der Waals surface area (Å²) in [6.07, 6.45) is 6.67. The number of methoxy groups -OCH3 is 1. The van der Waals surface area contributed by atoms with Crippen molar-refractivity contribution < 1.29 is 18.3 Å². The second kappa shape index (κ2) is 20.9. The van der Waals surface area contributed by atoms with E-state index in [0.29, 0.717) is 23.2 Å². The van der Waals surface area contributed by atoms with Crippen LogP contribution in [0.3, 0.4) is 0 Å². The first-order valence-corrected chi connectivity index (χ1v) is 13.9. The van der Waals surface area contributed by atoms with Crippen LogP contribution in [0.1, 0.15) is 64.0 Å². The highest BCUT2D eigenvalue weighted by molar-refractivity contribution is 5.44. The predicted molar refractivity (Wildman–Crippen MR) is 160 cm³/mol. The molecule has 4 unspecified atom stereocenters. The number of ether oxygens (including phenoxy) is 1. The molecule has 5 rings (SSSR count). The van der Waals surface area contributed by atoms with E-state index in [-0.39, 0.29) is 0 Å². The van der Waals surface area contributed by atoms with Crippen molar-refractivity contribution in [2.75, 3.05) is 39.7 Å². The number of benzene rings is 2. The number of hydrogen-bond acceptors (Lipinski definition) is 7. The molecule has 7 nitrogen and oxygen atoms in total. The molecular weight excluding hydrogens is 512 g/mol. The zero-order valence-corrected chi connectivity index (χ0v) is 25.0. The molecule has 2 aromatic rings. The minimum atomic E-state index is -0.827. The standard InChI is InChI=1S/C14H16N2.C7H7F2N.C4H10N2.C2H6O.C2H4O.C2H6/c15-9-10-2-1-3-11(6-10)14-5-4-13(16)7-12(14)8-14;1-10-5-2-3-6(8)7(9)4-5;5-4-1-2-6-3-4;1-3-2;1-2-3;1-2/h1-3,6,12-13H,4-5,7-8,16H2;2-4,10H,1H3;4,6H,1-3,5H2;1-2H3;2H,1H3;1-2H3. The van der Waals surface area contributed by atoms with E-state index in [0.717, 1.165) is 62.3 Å². The second-order valence-electron chi connectivity index (χ2n) is 9.56. The van der Waals surface area contributed by atoms with Crippen molar-refractivity contribution >= 4 is 12.0 Å². The minimum absolute atomic E-state index is 0.378. The summed E-state index contributed by atoms with van der Waals surface area (Å²) in [7, 11) is 4.90. The number of fused-ring (bicyclic) bond motifs is 1. The Bertz CT molecular complexity index is 1010. The molecule has 0 radical (unpaired) electrons. The maximum absolute atomic E-state index is 12.4. The van der Waals surface area contributed by atoms with Crippen LogP contribution in [0.4, 0.5) is 14.5 Å². The number of carbonyl (C=O) groups excluding carboxylic acids is 1. The lowest BCUT2D eigenvalue weighted by Crippen LogP contribution is -2.29. The summed E-state index contributed by atoms with van der Waals surface area (Å²) in [5, 5.41) is 14.8. The van der Waals surface area contributed by atoms with Crippen molar-refractivity contribution in [1.82, 2.24) is 5.32 Å². The first-order valence-electron chi connectivity index (χ1n) is 13.9. The number of nitrogens with zero attached hydrogens (tertiary/aromatic N) is 1. The average Bonchev–Trinajstić information content (AvgIpc) is 3.50. The molecule has 40 heavy (non-hydrogen) atoms. The van der Waals surface area contributed by atoms with E-state index in [1.165, 1.54) is 31.4 Å². The number of nitriles is 1. The predicted octanol–water partition coefficient (Wildman–Crippen LogP) is 5.13. The Labute approximate surface area is 239 Å². The number of rotatable bonds is 2. The van der Waals surface area contributed by atoms with Gasteiger partial charge in [0.15, 0.2) is 11.6 Å². The van der Waals surface area contributed by atoms with Gasteiger partial charge in [-0.15, -0.1) is 0 Å². The Hall–Kier alpha value is -2.90. The molecule has 0 amide bonds. The van der Waals surface area contributed by atoms with Gasteiger partial charge in [0, 0.05) is 45.6 Å². The van der Waals surface area contributed by atoms with Gasteiger partial charge in [0.25, 0.3) is 0 Å². The molecule has 0 bridgehead atoms. The van der Waals surface area contributed by atoms with Crippen LogP contribution >= 0.6 is 0 Å². The number of aldehydes is 1. The third kappa shape index (κ3) is 13.0. The number of nitrogens with one attached hydrogen (secondary N) is 2. The van der Waals surface area contributed by atoms with Crippen LogP contribution in [0, 0.1) is 28.9 Å². The summed E-state index contributed by atoms with van der Waals surface area (Å²) in [4.78, 5) is 8.81. The maximum atomic E-state index is 12.4. The van der Waals surface area contributed by atoms with E-state index in [1.54, 1.807) is 21.3 Å². The van der Waals surface area contributed by atoms with Gasteiger partial charge in [-0.1, -0.05) is 26.0 Å². The summed E-state index contributed by atoms with van der Waals surface area (Å²) in [6, 6.07) is 14.9. The van der Waals surface area contributed by atoms with Gasteiger partial charge in [0.2, 0.25) is 0 Å². The second-order valence-corrected chi connectivity index (χ2v) is 9.56. The fraction of sp³-hybridized carbons (Fsp3) is 0.548. The van der Waals surface area contributed by atoms with Gasteiger partial charge in [-0.3, -0.25) is 0 Å². The Kier molecular flexibility index (Phi) is 19.4. The molecule has 0 spiro atoms. The van der Waals surface area contributed by atoms with Gasteiger partial charge in [-0.25, -0.2) is 8.78 Å². The topological polar surface area (TPSA) is 126 Å². The van der Waals surface area contributed by atoms with Gasteiger partial charge in [-0.05, 0) is 92.8 Å². The van der Waals surface area contributed by atoms with E-state index in [1.807, 2.05) is 26.0 Å². The minimum Gasteiger partial charge on any atom is -0.388 e. The van der Waals surface area contributed by atoms with E-state index >= 15 is 0 Å². The Balaban J connectivity index is 0.000000544. The van der Waals surface area contributed by atoms with Gasteiger partial charge in [0.05, 0.1) is 11.6 Å². The van der Waals surface area contributed by atoms with Crippen LogP contribution in [0.15, 0.2) is 42.5 Å². The van der Waals surface area contributed by atoms with E-state index in [4.69, 9.17) is 21.5 Å². The van der Waals surface area contributed by atoms with Gasteiger partial charge < -0.3 is 31.6 Å². The zero-order chi connectivity index (χ0) is 30.6. The van der Waals surface area contributed by atoms with Crippen LogP contribution < -0.4 is 22.1 Å². The van der Waals surface area contributed by atoms with Crippen molar-refractivity contribution in [3.63, 3.8) is 0 Å². The number of hydrogen-bond donors (Lipinski definition) is 4. The van der Waals surface area contributed by atoms with Gasteiger partial charge in [-0.2, -0.15) is 5.26 Å². The fourth-order valence-corrected chi connectivity index (χ4v) is 4.65. The van der Waals surface area contributed by atoms with Crippen LogP contribution in [0.5, 0.6) is 0 Å². The lowest BCUT2D eigenvalue weighted by molar-refractivity contribution is -0.106. The smallest absolute Gasteiger partial charge is 0.160 e. The highest BCUT2D eigenvalue weighted by atomic mass is 19.2. The zero-order valence-electron chi connectivity index (χ0n) is 25.0. The Morgan fingerprint density at radius 2 is 1.75 bits per heavy atom. The summed E-state index contributed by atoms with van der Waals surface area (Å²) < 4.78 is 28.8. The SMILES string of the molecule is CC.CC=O.CNc1ccc(F)c(F)c1.COC.N#Cc1cccc(C23CCC(N)CC2C3)c1.NC1CCNC1. The number of anilines is 1. The third-order valence-electron chi connectivity index (χ3n) is 6.65. The summed E-state index contributed by atoms with van der Waals surface area (Å²) in [6.45, 7) is 7.57. The van der Waals surface area contributed by atoms with Crippen LogP contribution in [-0.4, -0.2) is 52.7 Å². The maximum Gasteiger partial charge on any atom is 0.160 e. The molecule has 6 N–H and O–H groups in total. The van der Waals surface area contributed by atoms with Crippen LogP contribution in [0.25, 0.3) is 0 Å². The quantitative estimate of drug-likeness (QED) is 0.374. The number of halogens is 2. The first kappa shape index (κ1) is 37.1. The van der Waals surface area contributed by atoms with Crippen molar-refractivity contribution in [2.45, 2.75) is 70.4 Å². The van der Waals surface area contributed by atoms with Crippen molar-refractivity contribution in [3.05, 3.63) is 65.2 Å². The highest BCUT2D eigenvalue weighted by Crippen LogP contribution is 2.62. The van der Waals surface area contributed by atoms with E-state index in [2.05, 4.69) is 33.6 Å². The summed E-state index contributed by atoms with van der Waals surface area (Å²) in [5.74, 6) is -0.879. The molecule has 2 saturated carbocycles. The van der Waals surface area contributed by atoms with E-state index < -0.39 is 11.6 Å². The summed E-state index contributed by atoms with van der Waals surface area (Å²) in [5.41, 5.74) is 14.6. The summed E-state index contributed by atoms with van der Waals surface area (Å²) >= 11 is 0. The number of carbonyl (C=O) groups is 1. The lowest BCUT2D eigenvalue weighted by atomic mass is 9.80.